The largest absolute Gasteiger partial charge is 0.461 e. The SMILES string of the molecule is CC1(C)CCC(NC(=O)NCC(CC(=O)c2c(Cl)ccc(NC(=O)Cc3cccc(Cl)c3)c2Cl)C(=O)OCc2ccccc2)c2ccccc21. The summed E-state index contributed by atoms with van der Waals surface area (Å²) in [5.74, 6) is -2.68. The molecule has 0 saturated heterocycles. The van der Waals surface area contributed by atoms with Crippen LogP contribution in [0, 0.1) is 5.92 Å². The van der Waals surface area contributed by atoms with Gasteiger partial charge in [-0.15, -0.1) is 0 Å². The molecule has 4 aromatic carbocycles. The van der Waals surface area contributed by atoms with Crippen LogP contribution in [-0.2, 0) is 32.8 Å². The molecule has 8 nitrogen and oxygen atoms in total. The summed E-state index contributed by atoms with van der Waals surface area (Å²) in [4.78, 5) is 53.2. The molecule has 50 heavy (non-hydrogen) atoms. The number of amides is 3. The molecule has 1 aliphatic rings. The highest BCUT2D eigenvalue weighted by atomic mass is 35.5. The average molecular weight is 735 g/mol. The third-order valence-corrected chi connectivity index (χ3v) is 9.77. The van der Waals surface area contributed by atoms with Crippen LogP contribution in [0.25, 0.3) is 0 Å². The fourth-order valence-corrected chi connectivity index (χ4v) is 6.97. The van der Waals surface area contributed by atoms with E-state index in [9.17, 15) is 19.2 Å². The maximum absolute atomic E-state index is 13.8. The first kappa shape index (κ1) is 36.9. The smallest absolute Gasteiger partial charge is 0.315 e. The van der Waals surface area contributed by atoms with Gasteiger partial charge in [-0.05, 0) is 64.8 Å². The van der Waals surface area contributed by atoms with Gasteiger partial charge < -0.3 is 20.7 Å². The quantitative estimate of drug-likeness (QED) is 0.0995. The molecule has 0 saturated carbocycles. The number of hydrogen-bond donors (Lipinski definition) is 3. The second-order valence-electron chi connectivity index (χ2n) is 13.0. The number of rotatable bonds is 12. The van der Waals surface area contributed by atoms with E-state index in [1.54, 1.807) is 24.3 Å². The zero-order valence-corrected chi connectivity index (χ0v) is 30.0. The Bertz CT molecular complexity index is 1880. The molecule has 0 heterocycles. The summed E-state index contributed by atoms with van der Waals surface area (Å²) >= 11 is 19.1. The molecule has 0 fully saturated rings. The molecule has 3 N–H and O–H groups in total. The first-order valence-electron chi connectivity index (χ1n) is 16.3. The summed E-state index contributed by atoms with van der Waals surface area (Å²) in [6.07, 6.45) is 1.30. The minimum Gasteiger partial charge on any atom is -0.461 e. The highest BCUT2D eigenvalue weighted by Gasteiger charge is 2.33. The van der Waals surface area contributed by atoms with Crippen LogP contribution in [0.3, 0.4) is 0 Å². The third kappa shape index (κ3) is 9.44. The molecule has 2 atom stereocenters. The lowest BCUT2D eigenvalue weighted by atomic mass is 9.71. The van der Waals surface area contributed by atoms with Crippen molar-refractivity contribution in [2.24, 2.45) is 5.92 Å². The zero-order chi connectivity index (χ0) is 35.8. The van der Waals surface area contributed by atoms with Gasteiger partial charge >= 0.3 is 12.0 Å². The number of anilines is 1. The highest BCUT2D eigenvalue weighted by Crippen LogP contribution is 2.41. The number of urea groups is 1. The first-order valence-corrected chi connectivity index (χ1v) is 17.4. The van der Waals surface area contributed by atoms with Crippen molar-refractivity contribution in [1.29, 1.82) is 0 Å². The predicted molar refractivity (Wildman–Crippen MR) is 197 cm³/mol. The standard InChI is InChI=1S/C39H38Cl3N3O5/c1-39(2)18-17-31(28-13-6-7-14-29(28)39)45-38(49)43-22-26(37(48)50-23-24-9-4-3-5-10-24)21-33(46)35-30(41)15-16-32(36(35)42)44-34(47)20-25-11-8-12-27(40)19-25/h3-16,19,26,31H,17-18,20-23H2,1-2H3,(H,44,47)(H2,43,45,49). The van der Waals surface area contributed by atoms with Gasteiger partial charge in [-0.25, -0.2) is 4.79 Å². The number of ketones is 1. The van der Waals surface area contributed by atoms with Crippen molar-refractivity contribution in [2.45, 2.75) is 57.6 Å². The van der Waals surface area contributed by atoms with E-state index in [-0.39, 0.29) is 64.7 Å². The monoisotopic (exact) mass is 733 g/mol. The van der Waals surface area contributed by atoms with E-state index in [0.29, 0.717) is 10.6 Å². The predicted octanol–water partition coefficient (Wildman–Crippen LogP) is 8.87. The molecule has 0 radical (unpaired) electrons. The van der Waals surface area contributed by atoms with Crippen LogP contribution >= 0.6 is 34.8 Å². The van der Waals surface area contributed by atoms with Gasteiger partial charge in [0.05, 0.1) is 39.7 Å². The minimum absolute atomic E-state index is 0.0130. The molecule has 0 aromatic heterocycles. The van der Waals surface area contributed by atoms with E-state index in [4.69, 9.17) is 39.5 Å². The molecule has 4 aromatic rings. The molecule has 0 spiro atoms. The molecular formula is C39H38Cl3N3O5. The van der Waals surface area contributed by atoms with Crippen LogP contribution < -0.4 is 16.0 Å². The van der Waals surface area contributed by atoms with E-state index in [2.05, 4.69) is 35.9 Å². The maximum Gasteiger partial charge on any atom is 0.315 e. The van der Waals surface area contributed by atoms with Gasteiger partial charge in [0.1, 0.15) is 6.61 Å². The molecule has 2 unspecified atom stereocenters. The molecule has 0 bridgehead atoms. The van der Waals surface area contributed by atoms with Crippen molar-refractivity contribution < 1.29 is 23.9 Å². The Balaban J connectivity index is 1.29. The lowest BCUT2D eigenvalue weighted by Gasteiger charge is -2.37. The number of esters is 1. The van der Waals surface area contributed by atoms with Gasteiger partial charge in [0, 0.05) is 18.0 Å². The fraction of sp³-hybridized carbons (Fsp3) is 0.282. The average Bonchev–Trinajstić information content (AvgIpc) is 3.08. The summed E-state index contributed by atoms with van der Waals surface area (Å²) in [6, 6.07) is 26.3. The molecule has 1 aliphatic carbocycles. The molecule has 260 valence electrons. The van der Waals surface area contributed by atoms with Gasteiger partial charge in [-0.2, -0.15) is 0 Å². The van der Waals surface area contributed by atoms with Gasteiger partial charge in [0.25, 0.3) is 0 Å². The number of Topliss-reactive ketones (excluding diaryl/α,β-unsaturated/α-hetero) is 1. The van der Waals surface area contributed by atoms with Gasteiger partial charge in [0.15, 0.2) is 5.78 Å². The zero-order valence-electron chi connectivity index (χ0n) is 27.7. The van der Waals surface area contributed by atoms with Crippen LogP contribution in [0.5, 0.6) is 0 Å². The normalized spacial score (nSPS) is 15.3. The topological polar surface area (TPSA) is 114 Å². The van der Waals surface area contributed by atoms with Crippen LogP contribution in [0.2, 0.25) is 15.1 Å². The van der Waals surface area contributed by atoms with E-state index in [1.807, 2.05) is 48.5 Å². The summed E-state index contributed by atoms with van der Waals surface area (Å²) in [5, 5.41) is 9.02. The van der Waals surface area contributed by atoms with Crippen molar-refractivity contribution >= 4 is 64.2 Å². The molecular weight excluding hydrogens is 697 g/mol. The Kier molecular flexibility index (Phi) is 12.2. The van der Waals surface area contributed by atoms with Crippen LogP contribution in [0.15, 0.2) is 91.0 Å². The van der Waals surface area contributed by atoms with Crippen molar-refractivity contribution in [3.63, 3.8) is 0 Å². The number of hydrogen-bond acceptors (Lipinski definition) is 5. The Hall–Kier alpha value is -4.37. The van der Waals surface area contributed by atoms with E-state index in [0.717, 1.165) is 24.0 Å². The van der Waals surface area contributed by atoms with Crippen molar-refractivity contribution in [2.75, 3.05) is 11.9 Å². The van der Waals surface area contributed by atoms with Gasteiger partial charge in [-0.1, -0.05) is 115 Å². The van der Waals surface area contributed by atoms with Gasteiger partial charge in [-0.3, -0.25) is 14.4 Å². The van der Waals surface area contributed by atoms with E-state index >= 15 is 0 Å². The number of benzene rings is 4. The Morgan fingerprint density at radius 3 is 2.36 bits per heavy atom. The fourth-order valence-electron chi connectivity index (χ4n) is 6.13. The maximum atomic E-state index is 13.8. The Labute approximate surface area is 306 Å². The summed E-state index contributed by atoms with van der Waals surface area (Å²) < 4.78 is 5.59. The molecule has 5 rings (SSSR count). The number of ether oxygens (including phenoxy) is 1. The number of fused-ring (bicyclic) bond motifs is 1. The number of nitrogens with one attached hydrogen (secondary N) is 3. The van der Waals surface area contributed by atoms with Crippen LogP contribution in [-0.4, -0.2) is 30.2 Å². The lowest BCUT2D eigenvalue weighted by Crippen LogP contribution is -2.44. The molecule has 0 aliphatic heterocycles. The third-order valence-electron chi connectivity index (χ3n) is 8.82. The highest BCUT2D eigenvalue weighted by molar-refractivity contribution is 6.41. The molecule has 3 amide bonds. The number of carbonyl (C=O) groups excluding carboxylic acids is 4. The lowest BCUT2D eigenvalue weighted by molar-refractivity contribution is -0.149. The second kappa shape index (κ2) is 16.6. The second-order valence-corrected chi connectivity index (χ2v) is 14.2. The van der Waals surface area contributed by atoms with E-state index < -0.39 is 23.7 Å². The Morgan fingerprint density at radius 1 is 0.880 bits per heavy atom. The summed E-state index contributed by atoms with van der Waals surface area (Å²) in [7, 11) is 0. The Morgan fingerprint density at radius 2 is 1.60 bits per heavy atom. The van der Waals surface area contributed by atoms with Crippen molar-refractivity contribution in [1.82, 2.24) is 10.6 Å². The van der Waals surface area contributed by atoms with Crippen LogP contribution in [0.1, 0.15) is 71.8 Å². The van der Waals surface area contributed by atoms with Crippen molar-refractivity contribution in [3.8, 4) is 0 Å². The molecule has 11 heteroatoms. The number of carbonyl (C=O) groups is 4. The van der Waals surface area contributed by atoms with Crippen molar-refractivity contribution in [3.05, 3.63) is 134 Å². The first-order chi connectivity index (χ1) is 23.9. The summed E-state index contributed by atoms with van der Waals surface area (Å²) in [5.41, 5.74) is 3.81. The van der Waals surface area contributed by atoms with Gasteiger partial charge in [0.2, 0.25) is 5.91 Å². The van der Waals surface area contributed by atoms with E-state index in [1.165, 1.54) is 17.7 Å². The summed E-state index contributed by atoms with van der Waals surface area (Å²) in [6.45, 7) is 4.18. The van der Waals surface area contributed by atoms with Crippen LogP contribution in [0.4, 0.5) is 10.5 Å². The minimum atomic E-state index is -1.07. The number of halogens is 3.